The van der Waals surface area contributed by atoms with Gasteiger partial charge in [0.1, 0.15) is 5.76 Å². The van der Waals surface area contributed by atoms with Gasteiger partial charge in [-0.2, -0.15) is 0 Å². The van der Waals surface area contributed by atoms with Crippen molar-refractivity contribution in [2.24, 2.45) is 0 Å². The maximum Gasteiger partial charge on any atom is 0.257 e. The van der Waals surface area contributed by atoms with E-state index >= 15 is 0 Å². The molecule has 23 heavy (non-hydrogen) atoms. The van der Waals surface area contributed by atoms with Crippen LogP contribution in [0.3, 0.4) is 0 Å². The number of carbonyl (C=O) groups excluding carboxylic acids is 2. The lowest BCUT2D eigenvalue weighted by Gasteiger charge is -2.25. The highest BCUT2D eigenvalue weighted by Gasteiger charge is 2.25. The first-order valence-electron chi connectivity index (χ1n) is 7.97. The van der Waals surface area contributed by atoms with Crippen LogP contribution in [0.2, 0.25) is 0 Å². The van der Waals surface area contributed by atoms with Crippen molar-refractivity contribution in [2.45, 2.75) is 39.2 Å². The number of ether oxygens (including phenoxy) is 1. The van der Waals surface area contributed by atoms with Gasteiger partial charge < -0.3 is 14.1 Å². The van der Waals surface area contributed by atoms with Crippen molar-refractivity contribution in [3.05, 3.63) is 23.7 Å². The summed E-state index contributed by atoms with van der Waals surface area (Å²) in [5, 5.41) is 0. The van der Waals surface area contributed by atoms with Crippen LogP contribution >= 0.6 is 0 Å². The van der Waals surface area contributed by atoms with E-state index in [0.29, 0.717) is 31.0 Å². The smallest absolute Gasteiger partial charge is 0.257 e. The van der Waals surface area contributed by atoms with Crippen molar-refractivity contribution in [1.82, 2.24) is 10.4 Å². The average Bonchev–Trinajstić information content (AvgIpc) is 3.20. The molecule has 1 aromatic rings. The Morgan fingerprint density at radius 1 is 1.48 bits per heavy atom. The highest BCUT2D eigenvalue weighted by Crippen LogP contribution is 2.17. The molecule has 1 N–H and O–H groups in total. The minimum Gasteiger partial charge on any atom is -0.469 e. The van der Waals surface area contributed by atoms with E-state index in [-0.39, 0.29) is 24.3 Å². The first-order valence-corrected chi connectivity index (χ1v) is 7.97. The van der Waals surface area contributed by atoms with Gasteiger partial charge in [-0.05, 0) is 32.8 Å². The molecule has 0 aromatic carbocycles. The van der Waals surface area contributed by atoms with Crippen molar-refractivity contribution >= 4 is 11.8 Å². The Balaban J connectivity index is 1.97. The molecule has 0 bridgehead atoms. The number of hydrogen-bond acceptors (Lipinski definition) is 5. The predicted molar refractivity (Wildman–Crippen MR) is 82.7 cm³/mol. The number of rotatable bonds is 8. The standard InChI is InChI=1S/C16H24N2O5/c1-3-23-17-15(19)6-8-18(11-13-5-4-9-22-13)16(20)14-7-10-21-12(14)2/h7,10,13H,3-6,8-9,11H2,1-2H3,(H,17,19). The molecule has 128 valence electrons. The van der Waals surface area contributed by atoms with E-state index in [1.165, 1.54) is 6.26 Å². The number of aryl methyl sites for hydroxylation is 1. The zero-order valence-corrected chi connectivity index (χ0v) is 13.7. The minimum atomic E-state index is -0.249. The normalized spacial score (nSPS) is 17.2. The minimum absolute atomic E-state index is 0.0288. The van der Waals surface area contributed by atoms with E-state index in [0.717, 1.165) is 19.4 Å². The quantitative estimate of drug-likeness (QED) is 0.736. The fourth-order valence-corrected chi connectivity index (χ4v) is 2.53. The molecule has 1 atom stereocenters. The summed E-state index contributed by atoms with van der Waals surface area (Å²) in [6.07, 6.45) is 3.63. The second-order valence-electron chi connectivity index (χ2n) is 5.48. The first-order chi connectivity index (χ1) is 11.1. The van der Waals surface area contributed by atoms with Gasteiger partial charge in [0.2, 0.25) is 5.91 Å². The summed E-state index contributed by atoms with van der Waals surface area (Å²) in [5.74, 6) is 0.183. The van der Waals surface area contributed by atoms with Gasteiger partial charge >= 0.3 is 0 Å². The molecule has 0 saturated carbocycles. The van der Waals surface area contributed by atoms with Crippen molar-refractivity contribution < 1.29 is 23.6 Å². The van der Waals surface area contributed by atoms with Gasteiger partial charge in [0.15, 0.2) is 0 Å². The molecule has 2 amide bonds. The van der Waals surface area contributed by atoms with Crippen molar-refractivity contribution in [3.63, 3.8) is 0 Å². The largest absolute Gasteiger partial charge is 0.469 e. The van der Waals surface area contributed by atoms with Crippen LogP contribution in [-0.4, -0.2) is 49.1 Å². The summed E-state index contributed by atoms with van der Waals surface area (Å²) in [4.78, 5) is 30.9. The molecule has 1 aliphatic rings. The van der Waals surface area contributed by atoms with E-state index < -0.39 is 0 Å². The number of carbonyl (C=O) groups is 2. The molecule has 7 nitrogen and oxygen atoms in total. The lowest BCUT2D eigenvalue weighted by atomic mass is 10.1. The molecule has 0 aliphatic carbocycles. The van der Waals surface area contributed by atoms with Crippen LogP contribution in [0.1, 0.15) is 42.3 Å². The number of hydrogen-bond donors (Lipinski definition) is 1. The second kappa shape index (κ2) is 8.69. The third-order valence-corrected chi connectivity index (χ3v) is 3.76. The van der Waals surface area contributed by atoms with Crippen LogP contribution in [0.15, 0.2) is 16.7 Å². The van der Waals surface area contributed by atoms with Gasteiger partial charge in [-0.3, -0.25) is 14.4 Å². The summed E-state index contributed by atoms with van der Waals surface area (Å²) in [6.45, 7) is 5.45. The molecule has 2 rings (SSSR count). The molecular formula is C16H24N2O5. The lowest BCUT2D eigenvalue weighted by molar-refractivity contribution is -0.133. The zero-order valence-electron chi connectivity index (χ0n) is 13.7. The van der Waals surface area contributed by atoms with Gasteiger partial charge in [0.05, 0.1) is 24.5 Å². The van der Waals surface area contributed by atoms with E-state index in [1.54, 1.807) is 24.8 Å². The summed E-state index contributed by atoms with van der Waals surface area (Å²) < 4.78 is 10.8. The van der Waals surface area contributed by atoms with E-state index in [1.807, 2.05) is 0 Å². The van der Waals surface area contributed by atoms with Crippen LogP contribution in [0.5, 0.6) is 0 Å². The highest BCUT2D eigenvalue weighted by atomic mass is 16.6. The molecule has 1 aromatic heterocycles. The van der Waals surface area contributed by atoms with Crippen molar-refractivity contribution in [2.75, 3.05) is 26.3 Å². The van der Waals surface area contributed by atoms with Gasteiger partial charge in [0.25, 0.3) is 5.91 Å². The fraction of sp³-hybridized carbons (Fsp3) is 0.625. The Morgan fingerprint density at radius 2 is 2.30 bits per heavy atom. The Morgan fingerprint density at radius 3 is 2.91 bits per heavy atom. The Kier molecular flexibility index (Phi) is 6.61. The molecule has 7 heteroatoms. The van der Waals surface area contributed by atoms with Crippen molar-refractivity contribution in [3.8, 4) is 0 Å². The molecule has 1 aliphatic heterocycles. The molecule has 0 radical (unpaired) electrons. The Labute approximate surface area is 135 Å². The molecule has 0 spiro atoms. The molecule has 1 fully saturated rings. The summed E-state index contributed by atoms with van der Waals surface area (Å²) in [6, 6.07) is 1.65. The fourth-order valence-electron chi connectivity index (χ4n) is 2.53. The predicted octanol–water partition coefficient (Wildman–Crippen LogP) is 1.67. The molecular weight excluding hydrogens is 300 g/mol. The van der Waals surface area contributed by atoms with E-state index in [4.69, 9.17) is 14.0 Å². The van der Waals surface area contributed by atoms with Gasteiger partial charge in [-0.15, -0.1) is 0 Å². The molecule has 1 saturated heterocycles. The second-order valence-corrected chi connectivity index (χ2v) is 5.48. The maximum absolute atomic E-state index is 12.7. The van der Waals surface area contributed by atoms with Gasteiger partial charge in [-0.25, -0.2) is 5.48 Å². The monoisotopic (exact) mass is 324 g/mol. The number of nitrogens with one attached hydrogen (secondary N) is 1. The van der Waals surface area contributed by atoms with Crippen LogP contribution in [0, 0.1) is 6.92 Å². The summed E-state index contributed by atoms with van der Waals surface area (Å²) >= 11 is 0. The van der Waals surface area contributed by atoms with Crippen LogP contribution < -0.4 is 5.48 Å². The lowest BCUT2D eigenvalue weighted by Crippen LogP contribution is -2.40. The number of hydroxylamine groups is 1. The number of nitrogens with zero attached hydrogens (tertiary/aromatic N) is 1. The Bertz CT molecular complexity index is 522. The van der Waals surface area contributed by atoms with E-state index in [2.05, 4.69) is 5.48 Å². The van der Waals surface area contributed by atoms with Crippen LogP contribution in [0.25, 0.3) is 0 Å². The van der Waals surface area contributed by atoms with Gasteiger partial charge in [0, 0.05) is 26.1 Å². The zero-order chi connectivity index (χ0) is 16.7. The third-order valence-electron chi connectivity index (χ3n) is 3.76. The molecule has 1 unspecified atom stereocenters. The molecule has 2 heterocycles. The Hall–Kier alpha value is -1.86. The highest BCUT2D eigenvalue weighted by molar-refractivity contribution is 5.95. The third kappa shape index (κ3) is 5.07. The van der Waals surface area contributed by atoms with Gasteiger partial charge in [-0.1, -0.05) is 0 Å². The van der Waals surface area contributed by atoms with Crippen molar-refractivity contribution in [1.29, 1.82) is 0 Å². The summed E-state index contributed by atoms with van der Waals surface area (Å²) in [5.41, 5.74) is 2.86. The SMILES string of the molecule is CCONC(=O)CCN(CC1CCCO1)C(=O)c1ccoc1C. The van der Waals surface area contributed by atoms with Crippen LogP contribution in [-0.2, 0) is 14.4 Å². The first kappa shape index (κ1) is 17.5. The summed E-state index contributed by atoms with van der Waals surface area (Å²) in [7, 11) is 0. The number of furan rings is 1. The number of amides is 2. The maximum atomic E-state index is 12.7. The average molecular weight is 324 g/mol. The van der Waals surface area contributed by atoms with Crippen LogP contribution in [0.4, 0.5) is 0 Å². The topological polar surface area (TPSA) is 81.0 Å². The van der Waals surface area contributed by atoms with E-state index in [9.17, 15) is 9.59 Å².